The first kappa shape index (κ1) is 17.7. The van der Waals surface area contributed by atoms with Crippen molar-refractivity contribution in [3.05, 3.63) is 53.2 Å². The molecule has 1 aromatic carbocycles. The molecule has 0 bridgehead atoms. The zero-order valence-electron chi connectivity index (χ0n) is 13.6. The van der Waals surface area contributed by atoms with Gasteiger partial charge in [0.1, 0.15) is 0 Å². The molecule has 26 heavy (non-hydrogen) atoms. The predicted molar refractivity (Wildman–Crippen MR) is 93.6 cm³/mol. The third-order valence-electron chi connectivity index (χ3n) is 3.38. The SMILES string of the molecule is O=C(CCCNC(=O)c1ccc(Cl)cc1)Nc1nnc(-c2ccco2)o1. The van der Waals surface area contributed by atoms with Crippen molar-refractivity contribution in [1.82, 2.24) is 15.5 Å². The van der Waals surface area contributed by atoms with Gasteiger partial charge in [0.15, 0.2) is 5.76 Å². The predicted octanol–water partition coefficient (Wildman–Crippen LogP) is 3.13. The van der Waals surface area contributed by atoms with Crippen molar-refractivity contribution >= 4 is 29.4 Å². The molecule has 8 nitrogen and oxygen atoms in total. The van der Waals surface area contributed by atoms with Crippen LogP contribution in [-0.4, -0.2) is 28.6 Å². The largest absolute Gasteiger partial charge is 0.459 e. The molecule has 134 valence electrons. The highest BCUT2D eigenvalue weighted by Gasteiger charge is 2.13. The van der Waals surface area contributed by atoms with Gasteiger partial charge in [0, 0.05) is 23.6 Å². The van der Waals surface area contributed by atoms with Crippen molar-refractivity contribution in [2.24, 2.45) is 0 Å². The molecule has 2 heterocycles. The van der Waals surface area contributed by atoms with Gasteiger partial charge in [-0.3, -0.25) is 14.9 Å². The Hall–Kier alpha value is -3.13. The van der Waals surface area contributed by atoms with Crippen LogP contribution in [0.2, 0.25) is 5.02 Å². The Morgan fingerprint density at radius 3 is 2.65 bits per heavy atom. The van der Waals surface area contributed by atoms with Gasteiger partial charge in [0.2, 0.25) is 5.91 Å². The van der Waals surface area contributed by atoms with Gasteiger partial charge in [-0.25, -0.2) is 0 Å². The molecule has 0 atom stereocenters. The molecule has 2 amide bonds. The molecule has 0 aliphatic rings. The number of hydrogen-bond acceptors (Lipinski definition) is 6. The van der Waals surface area contributed by atoms with Gasteiger partial charge in [-0.15, -0.1) is 5.10 Å². The summed E-state index contributed by atoms with van der Waals surface area (Å²) in [4.78, 5) is 23.8. The molecule has 3 aromatic rings. The fraction of sp³-hybridized carbons (Fsp3) is 0.176. The summed E-state index contributed by atoms with van der Waals surface area (Å²) in [7, 11) is 0. The van der Waals surface area contributed by atoms with E-state index in [0.717, 1.165) is 0 Å². The molecule has 9 heteroatoms. The van der Waals surface area contributed by atoms with Crippen LogP contribution in [0.3, 0.4) is 0 Å². The van der Waals surface area contributed by atoms with E-state index in [-0.39, 0.29) is 30.1 Å². The van der Waals surface area contributed by atoms with Crippen molar-refractivity contribution in [1.29, 1.82) is 0 Å². The number of rotatable bonds is 7. The summed E-state index contributed by atoms with van der Waals surface area (Å²) >= 11 is 5.78. The summed E-state index contributed by atoms with van der Waals surface area (Å²) < 4.78 is 10.4. The molecule has 0 spiro atoms. The van der Waals surface area contributed by atoms with Gasteiger partial charge < -0.3 is 14.2 Å². The highest BCUT2D eigenvalue weighted by molar-refractivity contribution is 6.30. The third kappa shape index (κ3) is 4.70. The molecule has 0 aliphatic heterocycles. The Balaban J connectivity index is 1.39. The van der Waals surface area contributed by atoms with E-state index in [0.29, 0.717) is 29.3 Å². The smallest absolute Gasteiger partial charge is 0.322 e. The first-order chi connectivity index (χ1) is 12.6. The van der Waals surface area contributed by atoms with Crippen LogP contribution in [0.1, 0.15) is 23.2 Å². The summed E-state index contributed by atoms with van der Waals surface area (Å²) in [5.41, 5.74) is 0.509. The number of carbonyl (C=O) groups excluding carboxylic acids is 2. The lowest BCUT2D eigenvalue weighted by molar-refractivity contribution is -0.116. The lowest BCUT2D eigenvalue weighted by Gasteiger charge is -2.05. The topological polar surface area (TPSA) is 110 Å². The molecule has 0 saturated carbocycles. The molecule has 2 N–H and O–H groups in total. The number of nitrogens with one attached hydrogen (secondary N) is 2. The number of nitrogens with zero attached hydrogens (tertiary/aromatic N) is 2. The number of furan rings is 1. The summed E-state index contributed by atoms with van der Waals surface area (Å²) in [6.45, 7) is 0.357. The van der Waals surface area contributed by atoms with Crippen molar-refractivity contribution in [2.75, 3.05) is 11.9 Å². The van der Waals surface area contributed by atoms with E-state index in [2.05, 4.69) is 20.8 Å². The summed E-state index contributed by atoms with van der Waals surface area (Å²) in [6.07, 6.45) is 2.14. The number of benzene rings is 1. The van der Waals surface area contributed by atoms with Crippen molar-refractivity contribution in [2.45, 2.75) is 12.8 Å². The standard InChI is InChI=1S/C17H15ClN4O4/c18-12-7-5-11(6-8-12)15(24)19-9-1-4-14(23)20-17-22-21-16(26-17)13-3-2-10-25-13/h2-3,5-8,10H,1,4,9H2,(H,19,24)(H,20,22,23). The quantitative estimate of drug-likeness (QED) is 0.615. The van der Waals surface area contributed by atoms with E-state index >= 15 is 0 Å². The Labute approximate surface area is 153 Å². The minimum absolute atomic E-state index is 0.00778. The second-order valence-electron chi connectivity index (χ2n) is 5.30. The molecular weight excluding hydrogens is 360 g/mol. The fourth-order valence-corrected chi connectivity index (χ4v) is 2.24. The zero-order valence-corrected chi connectivity index (χ0v) is 14.3. The first-order valence-electron chi connectivity index (χ1n) is 7.83. The van der Waals surface area contributed by atoms with Gasteiger partial charge in [0.05, 0.1) is 6.26 Å². The van der Waals surface area contributed by atoms with Crippen LogP contribution >= 0.6 is 11.6 Å². The van der Waals surface area contributed by atoms with Crippen molar-refractivity contribution < 1.29 is 18.4 Å². The van der Waals surface area contributed by atoms with Gasteiger partial charge in [0.25, 0.3) is 11.8 Å². The molecule has 0 radical (unpaired) electrons. The summed E-state index contributed by atoms with van der Waals surface area (Å²) in [5.74, 6) is 0.0888. The minimum Gasteiger partial charge on any atom is -0.459 e. The van der Waals surface area contributed by atoms with Crippen LogP contribution in [0.25, 0.3) is 11.7 Å². The fourth-order valence-electron chi connectivity index (χ4n) is 2.11. The normalized spacial score (nSPS) is 10.5. The molecule has 3 rings (SSSR count). The zero-order chi connectivity index (χ0) is 18.4. The number of halogens is 1. The highest BCUT2D eigenvalue weighted by atomic mass is 35.5. The number of aromatic nitrogens is 2. The van der Waals surface area contributed by atoms with E-state index in [1.165, 1.54) is 6.26 Å². The Morgan fingerprint density at radius 2 is 1.92 bits per heavy atom. The highest BCUT2D eigenvalue weighted by Crippen LogP contribution is 2.19. The Kier molecular flexibility index (Phi) is 5.65. The molecule has 0 fully saturated rings. The molecule has 0 aliphatic carbocycles. The van der Waals surface area contributed by atoms with E-state index in [4.69, 9.17) is 20.4 Å². The number of anilines is 1. The third-order valence-corrected chi connectivity index (χ3v) is 3.63. The van der Waals surface area contributed by atoms with Gasteiger partial charge in [-0.05, 0) is 42.8 Å². The van der Waals surface area contributed by atoms with Gasteiger partial charge in [-0.1, -0.05) is 16.7 Å². The van der Waals surface area contributed by atoms with Crippen LogP contribution in [0.4, 0.5) is 6.01 Å². The van der Waals surface area contributed by atoms with E-state index in [1.54, 1.807) is 36.4 Å². The Morgan fingerprint density at radius 1 is 1.12 bits per heavy atom. The molecule has 0 saturated heterocycles. The maximum Gasteiger partial charge on any atom is 0.322 e. The second-order valence-corrected chi connectivity index (χ2v) is 5.74. The summed E-state index contributed by atoms with van der Waals surface area (Å²) in [6, 6.07) is 9.91. The maximum atomic E-state index is 11.9. The Bertz CT molecular complexity index is 875. The average molecular weight is 375 g/mol. The van der Waals surface area contributed by atoms with Crippen LogP contribution in [0.15, 0.2) is 51.5 Å². The molecular formula is C17H15ClN4O4. The van der Waals surface area contributed by atoms with Crippen LogP contribution in [0.5, 0.6) is 0 Å². The first-order valence-corrected chi connectivity index (χ1v) is 8.20. The van der Waals surface area contributed by atoms with Crippen LogP contribution < -0.4 is 10.6 Å². The van der Waals surface area contributed by atoms with Crippen molar-refractivity contribution in [3.63, 3.8) is 0 Å². The number of amides is 2. The van der Waals surface area contributed by atoms with Gasteiger partial charge in [-0.2, -0.15) is 0 Å². The second kappa shape index (κ2) is 8.30. The van der Waals surface area contributed by atoms with Gasteiger partial charge >= 0.3 is 6.01 Å². The lowest BCUT2D eigenvalue weighted by atomic mass is 10.2. The van der Waals surface area contributed by atoms with Crippen LogP contribution in [-0.2, 0) is 4.79 Å². The maximum absolute atomic E-state index is 11.9. The molecule has 0 unspecified atom stereocenters. The minimum atomic E-state index is -0.291. The number of hydrogen-bond donors (Lipinski definition) is 2. The summed E-state index contributed by atoms with van der Waals surface area (Å²) in [5, 5.41) is 13.3. The van der Waals surface area contributed by atoms with Crippen molar-refractivity contribution in [3.8, 4) is 11.7 Å². The monoisotopic (exact) mass is 374 g/mol. The number of carbonyl (C=O) groups is 2. The van der Waals surface area contributed by atoms with E-state index in [9.17, 15) is 9.59 Å². The van der Waals surface area contributed by atoms with E-state index in [1.807, 2.05) is 0 Å². The van der Waals surface area contributed by atoms with Crippen LogP contribution in [0, 0.1) is 0 Å². The average Bonchev–Trinajstić information content (AvgIpc) is 3.30. The van der Waals surface area contributed by atoms with E-state index < -0.39 is 0 Å². The molecule has 2 aromatic heterocycles. The lowest BCUT2D eigenvalue weighted by Crippen LogP contribution is -2.25.